The van der Waals surface area contributed by atoms with E-state index in [2.05, 4.69) is 38.3 Å². The largest absolute Gasteiger partial charge is 0.297 e. The molecule has 2 aliphatic rings. The molecule has 106 valence electrons. The zero-order valence-electron chi connectivity index (χ0n) is 13.2. The molecule has 0 aromatic rings. The molecule has 2 aliphatic heterocycles. The Labute approximate surface area is 117 Å². The highest BCUT2D eigenvalue weighted by molar-refractivity contribution is 6.00. The first-order valence-corrected chi connectivity index (χ1v) is 7.14. The van der Waals surface area contributed by atoms with E-state index >= 15 is 0 Å². The predicted molar refractivity (Wildman–Crippen MR) is 80.0 cm³/mol. The van der Waals surface area contributed by atoms with Crippen LogP contribution in [0.1, 0.15) is 48.0 Å². The summed E-state index contributed by atoms with van der Waals surface area (Å²) in [7, 11) is 0. The van der Waals surface area contributed by atoms with E-state index in [-0.39, 0.29) is 11.0 Å². The number of piperidine rings is 1. The Morgan fingerprint density at radius 1 is 1.26 bits per heavy atom. The topological polar surface area (TPSA) is 20.1 Å². The summed E-state index contributed by atoms with van der Waals surface area (Å²) >= 11 is 0. The van der Waals surface area contributed by atoms with Crippen molar-refractivity contribution in [3.63, 3.8) is 0 Å². The van der Waals surface area contributed by atoms with Crippen molar-refractivity contribution in [3.8, 4) is 0 Å². The van der Waals surface area contributed by atoms with Crippen molar-refractivity contribution in [3.05, 3.63) is 24.8 Å². The van der Waals surface area contributed by atoms with Crippen molar-refractivity contribution in [1.82, 2.24) is 4.90 Å². The van der Waals surface area contributed by atoms with Gasteiger partial charge in [0.05, 0.1) is 0 Å². The maximum Gasteiger partial charge on any atom is 0.164 e. The number of fused-ring (bicyclic) bond motifs is 1. The Balaban J connectivity index is 2.41. The van der Waals surface area contributed by atoms with Gasteiger partial charge in [-0.3, -0.25) is 9.69 Å². The number of rotatable bonds is 3. The summed E-state index contributed by atoms with van der Waals surface area (Å²) in [5.74, 6) is 0.330. The molecule has 0 spiro atoms. The van der Waals surface area contributed by atoms with Crippen molar-refractivity contribution in [2.45, 2.75) is 59.0 Å². The third-order valence-electron chi connectivity index (χ3n) is 4.70. The Bertz CT molecular complexity index is 454. The molecule has 0 radical (unpaired) electrons. The van der Waals surface area contributed by atoms with Gasteiger partial charge in [0.2, 0.25) is 0 Å². The Hall–Kier alpha value is -0.890. The molecule has 2 heteroatoms. The van der Waals surface area contributed by atoms with E-state index in [0.717, 1.165) is 13.0 Å². The molecule has 0 amide bonds. The number of carbonyl (C=O) groups is 1. The molecule has 2 heterocycles. The number of carbonyl (C=O) groups excluding carboxylic acids is 1. The van der Waals surface area contributed by atoms with Gasteiger partial charge in [-0.1, -0.05) is 59.4 Å². The summed E-state index contributed by atoms with van der Waals surface area (Å²) in [6.07, 6.45) is 6.84. The minimum atomic E-state index is -0.408. The maximum atomic E-state index is 13.0. The molecule has 0 aliphatic carbocycles. The van der Waals surface area contributed by atoms with E-state index in [1.54, 1.807) is 6.08 Å². The monoisotopic (exact) mass is 261 g/mol. The number of Topliss-reactive ketones (excluding diaryl/α,β-unsaturated/α-hetero) is 1. The van der Waals surface area contributed by atoms with Crippen LogP contribution in [0.25, 0.3) is 0 Å². The standard InChI is InChI=1S/C17H27NO/c1-8-9-10-17(13(19)14(2,3)4)16(7)11-15(5,6)12-18(16)17/h8-10H,1,11-12H2,2-7H3/b10-9+. The fourth-order valence-corrected chi connectivity index (χ4v) is 4.05. The van der Waals surface area contributed by atoms with Gasteiger partial charge in [0.1, 0.15) is 5.54 Å². The summed E-state index contributed by atoms with van der Waals surface area (Å²) in [5.41, 5.74) is -0.434. The van der Waals surface area contributed by atoms with Gasteiger partial charge >= 0.3 is 0 Å². The van der Waals surface area contributed by atoms with Crippen LogP contribution in [-0.2, 0) is 4.79 Å². The van der Waals surface area contributed by atoms with Gasteiger partial charge in [-0.25, -0.2) is 0 Å². The lowest BCUT2D eigenvalue weighted by Gasteiger charge is -2.31. The predicted octanol–water partition coefficient (Wildman–Crippen LogP) is 3.59. The van der Waals surface area contributed by atoms with Crippen LogP contribution < -0.4 is 0 Å². The molecule has 19 heavy (non-hydrogen) atoms. The summed E-state index contributed by atoms with van der Waals surface area (Å²) < 4.78 is 0. The van der Waals surface area contributed by atoms with Gasteiger partial charge in [0.25, 0.3) is 0 Å². The minimum absolute atomic E-state index is 0.0135. The number of hydrogen-bond acceptors (Lipinski definition) is 2. The quantitative estimate of drug-likeness (QED) is 0.571. The summed E-state index contributed by atoms with van der Waals surface area (Å²) in [4.78, 5) is 15.3. The van der Waals surface area contributed by atoms with Crippen LogP contribution in [0.4, 0.5) is 0 Å². The second-order valence-corrected chi connectivity index (χ2v) is 8.14. The molecule has 0 aromatic heterocycles. The summed E-state index contributed by atoms with van der Waals surface area (Å²) in [5, 5.41) is 0. The average Bonchev–Trinajstić information content (AvgIpc) is 2.55. The molecule has 0 bridgehead atoms. The molecule has 2 nitrogen and oxygen atoms in total. The van der Waals surface area contributed by atoms with E-state index < -0.39 is 5.54 Å². The Morgan fingerprint density at radius 3 is 2.21 bits per heavy atom. The van der Waals surface area contributed by atoms with E-state index in [4.69, 9.17) is 0 Å². The fourth-order valence-electron chi connectivity index (χ4n) is 4.05. The minimum Gasteiger partial charge on any atom is -0.297 e. The second kappa shape index (κ2) is 3.82. The van der Waals surface area contributed by atoms with E-state index in [0.29, 0.717) is 11.2 Å². The highest BCUT2D eigenvalue weighted by Crippen LogP contribution is 2.65. The third-order valence-corrected chi connectivity index (χ3v) is 4.70. The molecule has 2 saturated heterocycles. The Kier molecular flexibility index (Phi) is 2.92. The molecular weight excluding hydrogens is 234 g/mol. The Morgan fingerprint density at radius 2 is 1.84 bits per heavy atom. The van der Waals surface area contributed by atoms with Gasteiger partial charge < -0.3 is 0 Å². The molecular formula is C17H27NO. The van der Waals surface area contributed by atoms with Crippen LogP contribution in [0.2, 0.25) is 0 Å². The smallest absolute Gasteiger partial charge is 0.164 e. The van der Waals surface area contributed by atoms with Crippen molar-refractivity contribution in [1.29, 1.82) is 0 Å². The van der Waals surface area contributed by atoms with Crippen molar-refractivity contribution in [2.75, 3.05) is 6.54 Å². The van der Waals surface area contributed by atoms with Crippen LogP contribution in [-0.4, -0.2) is 28.3 Å². The van der Waals surface area contributed by atoms with Crippen LogP contribution in [0.5, 0.6) is 0 Å². The normalized spacial score (nSPS) is 40.2. The molecule has 3 unspecified atom stereocenters. The van der Waals surface area contributed by atoms with Gasteiger partial charge in [-0.15, -0.1) is 0 Å². The van der Waals surface area contributed by atoms with E-state index in [1.165, 1.54) is 0 Å². The maximum absolute atomic E-state index is 13.0. The lowest BCUT2D eigenvalue weighted by atomic mass is 9.72. The first kappa shape index (κ1) is 14.5. The third kappa shape index (κ3) is 1.84. The highest BCUT2D eigenvalue weighted by Gasteiger charge is 2.79. The average molecular weight is 261 g/mol. The van der Waals surface area contributed by atoms with Crippen molar-refractivity contribution >= 4 is 5.78 Å². The molecule has 0 saturated carbocycles. The highest BCUT2D eigenvalue weighted by atomic mass is 16.1. The van der Waals surface area contributed by atoms with Gasteiger partial charge in [0.15, 0.2) is 5.78 Å². The van der Waals surface area contributed by atoms with Crippen LogP contribution in [0.15, 0.2) is 24.8 Å². The van der Waals surface area contributed by atoms with Crippen molar-refractivity contribution < 1.29 is 4.79 Å². The SMILES string of the molecule is C=C/C=C/C1(C(=O)C(C)(C)C)N2CC(C)(C)CC21C. The lowest BCUT2D eigenvalue weighted by Crippen LogP contribution is -2.43. The number of nitrogens with zero attached hydrogens (tertiary/aromatic N) is 1. The zero-order valence-corrected chi connectivity index (χ0v) is 13.2. The molecule has 2 rings (SSSR count). The first-order valence-electron chi connectivity index (χ1n) is 7.14. The number of ketones is 1. The molecule has 0 aromatic carbocycles. The lowest BCUT2D eigenvalue weighted by molar-refractivity contribution is -0.129. The van der Waals surface area contributed by atoms with E-state index in [9.17, 15) is 4.79 Å². The zero-order chi connectivity index (χ0) is 14.7. The molecule has 0 N–H and O–H groups in total. The molecule has 3 atom stereocenters. The number of allylic oxidation sites excluding steroid dienone is 2. The van der Waals surface area contributed by atoms with Crippen LogP contribution in [0, 0.1) is 10.8 Å². The van der Waals surface area contributed by atoms with Crippen LogP contribution in [0.3, 0.4) is 0 Å². The second-order valence-electron chi connectivity index (χ2n) is 8.14. The summed E-state index contributed by atoms with van der Waals surface area (Å²) in [6, 6.07) is 0. The van der Waals surface area contributed by atoms with Gasteiger partial charge in [-0.2, -0.15) is 0 Å². The van der Waals surface area contributed by atoms with E-state index in [1.807, 2.05) is 26.8 Å². The fraction of sp³-hybridized carbons (Fsp3) is 0.706. The summed E-state index contributed by atoms with van der Waals surface area (Å²) in [6.45, 7) is 17.6. The number of hydrogen-bond donors (Lipinski definition) is 0. The van der Waals surface area contributed by atoms with Crippen molar-refractivity contribution in [2.24, 2.45) is 10.8 Å². The molecule has 2 fully saturated rings. The first-order chi connectivity index (χ1) is 8.51. The van der Waals surface area contributed by atoms with Gasteiger partial charge in [-0.05, 0) is 18.8 Å². The van der Waals surface area contributed by atoms with Crippen LogP contribution >= 0.6 is 0 Å². The van der Waals surface area contributed by atoms with Gasteiger partial charge in [0, 0.05) is 17.5 Å².